The highest BCUT2D eigenvalue weighted by Gasteiger charge is 2.29. The summed E-state index contributed by atoms with van der Waals surface area (Å²) in [5.41, 5.74) is 5.48. The second-order valence-electron chi connectivity index (χ2n) is 3.73. The maximum absolute atomic E-state index is 11.5. The minimum Gasteiger partial charge on any atom is -0.480 e. The number of carboxylic acid groups (broad SMARTS) is 1. The number of nitrogens with zero attached hydrogens (tertiary/aromatic N) is 1. The highest BCUT2D eigenvalue weighted by atomic mass is 35.5. The Hall–Kier alpha value is -0.370. The van der Waals surface area contributed by atoms with Gasteiger partial charge in [-0.15, -0.1) is 12.4 Å². The van der Waals surface area contributed by atoms with Gasteiger partial charge in [0.05, 0.1) is 0 Å². The van der Waals surface area contributed by atoms with Crippen molar-refractivity contribution in [3.05, 3.63) is 0 Å². The molecule has 3 N–H and O–H groups in total. The number of carboxylic acids is 1. The van der Waals surface area contributed by atoms with Crippen LogP contribution in [0.15, 0.2) is 0 Å². The van der Waals surface area contributed by atoms with E-state index in [-0.39, 0.29) is 12.4 Å². The summed E-state index contributed by atoms with van der Waals surface area (Å²) in [5, 5.41) is 8.45. The van der Waals surface area contributed by atoms with Crippen molar-refractivity contribution in [1.29, 1.82) is 0 Å². The summed E-state index contributed by atoms with van der Waals surface area (Å²) in [4.78, 5) is 10.4. The molecule has 0 atom stereocenters. The van der Waals surface area contributed by atoms with Gasteiger partial charge in [0, 0.05) is 13.1 Å². The summed E-state index contributed by atoms with van der Waals surface area (Å²) in [7, 11) is -3.62. The molecule has 1 heterocycles. The van der Waals surface area contributed by atoms with E-state index in [9.17, 15) is 13.2 Å². The van der Waals surface area contributed by atoms with Gasteiger partial charge in [-0.1, -0.05) is 0 Å². The molecule has 0 unspecified atom stereocenters. The molecule has 96 valence electrons. The molecule has 1 rings (SSSR count). The molecule has 16 heavy (non-hydrogen) atoms. The first-order chi connectivity index (χ1) is 6.95. The predicted molar refractivity (Wildman–Crippen MR) is 62.0 cm³/mol. The first-order valence-electron chi connectivity index (χ1n) is 4.85. The molecule has 6 nitrogen and oxygen atoms in total. The first-order valence-corrected chi connectivity index (χ1v) is 6.46. The highest BCUT2D eigenvalue weighted by molar-refractivity contribution is 7.89. The van der Waals surface area contributed by atoms with Crippen LogP contribution in [0.5, 0.6) is 0 Å². The molecule has 0 radical (unpaired) electrons. The SMILES string of the molecule is Cl.NCC1CCN(S(=O)(=O)CC(=O)O)CC1. The molecule has 0 aromatic rings. The molecule has 0 aliphatic carbocycles. The number of halogens is 1. The Balaban J connectivity index is 0.00000225. The Labute approximate surface area is 101 Å². The standard InChI is InChI=1S/C8H16N2O4S.ClH/c9-5-7-1-3-10(4-2-7)15(13,14)6-8(11)12;/h7H,1-6,9H2,(H,11,12);1H. The second-order valence-corrected chi connectivity index (χ2v) is 5.70. The van der Waals surface area contributed by atoms with Gasteiger partial charge < -0.3 is 10.8 Å². The molecule has 0 amide bonds. The van der Waals surface area contributed by atoms with Crippen molar-refractivity contribution in [2.24, 2.45) is 11.7 Å². The molecule has 0 spiro atoms. The molecular weight excluding hydrogens is 256 g/mol. The van der Waals surface area contributed by atoms with Gasteiger partial charge in [-0.05, 0) is 25.3 Å². The Morgan fingerprint density at radius 2 is 1.88 bits per heavy atom. The van der Waals surface area contributed by atoms with E-state index in [0.29, 0.717) is 25.6 Å². The van der Waals surface area contributed by atoms with E-state index in [0.717, 1.165) is 12.8 Å². The van der Waals surface area contributed by atoms with Crippen LogP contribution < -0.4 is 5.73 Å². The van der Waals surface area contributed by atoms with Gasteiger partial charge in [0.2, 0.25) is 10.0 Å². The zero-order valence-corrected chi connectivity index (χ0v) is 10.5. The van der Waals surface area contributed by atoms with Crippen molar-refractivity contribution in [2.75, 3.05) is 25.4 Å². The maximum Gasteiger partial charge on any atom is 0.320 e. The lowest BCUT2D eigenvalue weighted by molar-refractivity contribution is -0.134. The van der Waals surface area contributed by atoms with Crippen molar-refractivity contribution in [3.8, 4) is 0 Å². The lowest BCUT2D eigenvalue weighted by Gasteiger charge is -2.29. The van der Waals surface area contributed by atoms with Crippen LogP contribution in [-0.4, -0.2) is 49.2 Å². The zero-order chi connectivity index (χ0) is 11.5. The summed E-state index contributed by atoms with van der Waals surface area (Å²) in [6, 6.07) is 0. The molecule has 0 saturated carbocycles. The quantitative estimate of drug-likeness (QED) is 0.718. The van der Waals surface area contributed by atoms with Gasteiger partial charge in [-0.25, -0.2) is 12.7 Å². The third-order valence-electron chi connectivity index (χ3n) is 2.61. The van der Waals surface area contributed by atoms with Gasteiger partial charge in [0.1, 0.15) is 0 Å². The summed E-state index contributed by atoms with van der Waals surface area (Å²) in [6.07, 6.45) is 1.44. The number of hydrogen-bond donors (Lipinski definition) is 2. The van der Waals surface area contributed by atoms with Crippen molar-refractivity contribution < 1.29 is 18.3 Å². The smallest absolute Gasteiger partial charge is 0.320 e. The Morgan fingerprint density at radius 3 is 2.25 bits per heavy atom. The number of rotatable bonds is 4. The molecule has 8 heteroatoms. The third kappa shape index (κ3) is 4.25. The van der Waals surface area contributed by atoms with Crippen LogP contribution in [0.1, 0.15) is 12.8 Å². The van der Waals surface area contributed by atoms with Crippen LogP contribution in [0.3, 0.4) is 0 Å². The monoisotopic (exact) mass is 272 g/mol. The summed E-state index contributed by atoms with van der Waals surface area (Å²) < 4.78 is 24.3. The topological polar surface area (TPSA) is 101 Å². The number of aliphatic carboxylic acids is 1. The fraction of sp³-hybridized carbons (Fsp3) is 0.875. The lowest BCUT2D eigenvalue weighted by atomic mass is 9.99. The van der Waals surface area contributed by atoms with E-state index in [4.69, 9.17) is 10.8 Å². The van der Waals surface area contributed by atoms with E-state index in [2.05, 4.69) is 0 Å². The van der Waals surface area contributed by atoms with Crippen LogP contribution in [-0.2, 0) is 14.8 Å². The van der Waals surface area contributed by atoms with Gasteiger partial charge in [-0.2, -0.15) is 0 Å². The Morgan fingerprint density at radius 1 is 1.38 bits per heavy atom. The van der Waals surface area contributed by atoms with Crippen LogP contribution in [0.25, 0.3) is 0 Å². The summed E-state index contributed by atoms with van der Waals surface area (Å²) >= 11 is 0. The van der Waals surface area contributed by atoms with Crippen LogP contribution in [0.4, 0.5) is 0 Å². The molecule has 0 aromatic carbocycles. The van der Waals surface area contributed by atoms with E-state index < -0.39 is 21.7 Å². The van der Waals surface area contributed by atoms with Gasteiger partial charge >= 0.3 is 5.97 Å². The first kappa shape index (κ1) is 15.6. The minimum absolute atomic E-state index is 0. The van der Waals surface area contributed by atoms with Gasteiger partial charge in [0.15, 0.2) is 5.75 Å². The Bertz CT molecular complexity index is 325. The van der Waals surface area contributed by atoms with E-state index >= 15 is 0 Å². The average Bonchev–Trinajstić information content (AvgIpc) is 2.16. The number of hydrogen-bond acceptors (Lipinski definition) is 4. The second kappa shape index (κ2) is 6.39. The molecule has 1 saturated heterocycles. The molecule has 1 fully saturated rings. The molecular formula is C8H17ClN2O4S. The summed E-state index contributed by atoms with van der Waals surface area (Å²) in [5.74, 6) is -1.77. The molecule has 0 bridgehead atoms. The van der Waals surface area contributed by atoms with Crippen molar-refractivity contribution >= 4 is 28.4 Å². The number of piperidine rings is 1. The highest BCUT2D eigenvalue weighted by Crippen LogP contribution is 2.18. The fourth-order valence-corrected chi connectivity index (χ4v) is 2.93. The molecule has 0 aromatic heterocycles. The molecule has 1 aliphatic rings. The van der Waals surface area contributed by atoms with Gasteiger partial charge in [0.25, 0.3) is 0 Å². The van der Waals surface area contributed by atoms with Crippen LogP contribution >= 0.6 is 12.4 Å². The van der Waals surface area contributed by atoms with Crippen LogP contribution in [0.2, 0.25) is 0 Å². The minimum atomic E-state index is -3.62. The van der Waals surface area contributed by atoms with Gasteiger partial charge in [-0.3, -0.25) is 4.79 Å². The summed E-state index contributed by atoms with van der Waals surface area (Å²) in [6.45, 7) is 1.34. The predicted octanol–water partition coefficient (Wildman–Crippen LogP) is -0.507. The van der Waals surface area contributed by atoms with E-state index in [1.807, 2.05) is 0 Å². The number of carbonyl (C=O) groups is 1. The average molecular weight is 273 g/mol. The largest absolute Gasteiger partial charge is 0.480 e. The maximum atomic E-state index is 11.5. The fourth-order valence-electron chi connectivity index (χ4n) is 1.67. The van der Waals surface area contributed by atoms with Crippen molar-refractivity contribution in [3.63, 3.8) is 0 Å². The lowest BCUT2D eigenvalue weighted by Crippen LogP contribution is -2.42. The zero-order valence-electron chi connectivity index (χ0n) is 8.83. The number of nitrogens with two attached hydrogens (primary N) is 1. The Kier molecular flexibility index (Phi) is 6.24. The number of sulfonamides is 1. The van der Waals surface area contributed by atoms with Crippen LogP contribution in [0, 0.1) is 5.92 Å². The normalized spacial score (nSPS) is 19.1. The van der Waals surface area contributed by atoms with Crippen molar-refractivity contribution in [2.45, 2.75) is 12.8 Å². The third-order valence-corrected chi connectivity index (χ3v) is 4.37. The molecule has 1 aliphatic heterocycles. The van der Waals surface area contributed by atoms with E-state index in [1.165, 1.54) is 4.31 Å². The van der Waals surface area contributed by atoms with E-state index in [1.54, 1.807) is 0 Å². The van der Waals surface area contributed by atoms with Crippen molar-refractivity contribution in [1.82, 2.24) is 4.31 Å².